The summed E-state index contributed by atoms with van der Waals surface area (Å²) in [5, 5.41) is 17.5. The molecule has 2 aromatic carbocycles. The van der Waals surface area contributed by atoms with E-state index in [0.717, 1.165) is 10.7 Å². The standard InChI is InChI=1S/C22H20N4O5S/c1-32-10-9-16-17-18(22(24-16)14-7-2-3-8-15(14)23-21(22)29)20(28)25(19(17)27)12-5-4-6-13(11-12)26(30)31/h2-8,11,16-18,24H,9-10H2,1H3,(H,23,29)/t16-,17+,18+,22+/m1/s1. The third-order valence-corrected chi connectivity index (χ3v) is 7.20. The van der Waals surface area contributed by atoms with Crippen LogP contribution in [0.15, 0.2) is 48.5 Å². The smallest absolute Gasteiger partial charge is 0.271 e. The van der Waals surface area contributed by atoms with Crippen molar-refractivity contribution in [3.05, 3.63) is 64.2 Å². The first-order chi connectivity index (χ1) is 15.4. The molecule has 32 heavy (non-hydrogen) atoms. The molecule has 0 bridgehead atoms. The van der Waals surface area contributed by atoms with Crippen molar-refractivity contribution in [2.45, 2.75) is 18.0 Å². The van der Waals surface area contributed by atoms with Crippen LogP contribution in [0.5, 0.6) is 0 Å². The third kappa shape index (κ3) is 2.72. The van der Waals surface area contributed by atoms with Crippen LogP contribution < -0.4 is 15.5 Å². The van der Waals surface area contributed by atoms with Gasteiger partial charge in [0.2, 0.25) is 17.7 Å². The molecule has 0 aromatic heterocycles. The number of rotatable bonds is 5. The van der Waals surface area contributed by atoms with Gasteiger partial charge in [0.1, 0.15) is 5.54 Å². The van der Waals surface area contributed by atoms with Crippen LogP contribution in [0.25, 0.3) is 0 Å². The van der Waals surface area contributed by atoms with Gasteiger partial charge in [-0.15, -0.1) is 0 Å². The number of para-hydroxylation sites is 1. The molecule has 0 radical (unpaired) electrons. The second kappa shape index (κ2) is 7.42. The van der Waals surface area contributed by atoms with E-state index in [1.54, 1.807) is 36.0 Å². The topological polar surface area (TPSA) is 122 Å². The van der Waals surface area contributed by atoms with Crippen LogP contribution in [0.1, 0.15) is 12.0 Å². The van der Waals surface area contributed by atoms with Gasteiger partial charge in [0.25, 0.3) is 5.69 Å². The van der Waals surface area contributed by atoms with E-state index in [-0.39, 0.29) is 23.3 Å². The molecule has 1 spiro atoms. The van der Waals surface area contributed by atoms with E-state index in [1.807, 2.05) is 6.26 Å². The largest absolute Gasteiger partial charge is 0.324 e. The van der Waals surface area contributed by atoms with Crippen LogP contribution in [0, 0.1) is 22.0 Å². The number of nitro groups is 1. The lowest BCUT2D eigenvalue weighted by atomic mass is 9.76. The van der Waals surface area contributed by atoms with Gasteiger partial charge in [0.05, 0.1) is 22.4 Å². The van der Waals surface area contributed by atoms with Crippen molar-refractivity contribution in [2.24, 2.45) is 11.8 Å². The zero-order chi connectivity index (χ0) is 22.6. The van der Waals surface area contributed by atoms with Gasteiger partial charge < -0.3 is 5.32 Å². The Morgan fingerprint density at radius 2 is 1.91 bits per heavy atom. The lowest BCUT2D eigenvalue weighted by Crippen LogP contribution is -2.53. The first-order valence-electron chi connectivity index (χ1n) is 10.2. The van der Waals surface area contributed by atoms with Gasteiger partial charge >= 0.3 is 0 Å². The number of non-ortho nitro benzene ring substituents is 1. The monoisotopic (exact) mass is 452 g/mol. The predicted molar refractivity (Wildman–Crippen MR) is 119 cm³/mol. The van der Waals surface area contributed by atoms with E-state index >= 15 is 0 Å². The molecule has 5 rings (SSSR count). The molecule has 3 heterocycles. The first kappa shape index (κ1) is 20.7. The maximum Gasteiger partial charge on any atom is 0.271 e. The van der Waals surface area contributed by atoms with Crippen LogP contribution in [-0.2, 0) is 19.9 Å². The van der Waals surface area contributed by atoms with E-state index in [9.17, 15) is 24.5 Å². The Balaban J connectivity index is 1.64. The maximum absolute atomic E-state index is 13.7. The number of hydrogen-bond donors (Lipinski definition) is 2. The number of fused-ring (bicyclic) bond motifs is 4. The summed E-state index contributed by atoms with van der Waals surface area (Å²) in [7, 11) is 0. The minimum absolute atomic E-state index is 0.147. The molecule has 0 aliphatic carbocycles. The number of amides is 3. The highest BCUT2D eigenvalue weighted by molar-refractivity contribution is 7.98. The van der Waals surface area contributed by atoms with Crippen molar-refractivity contribution in [3.63, 3.8) is 0 Å². The summed E-state index contributed by atoms with van der Waals surface area (Å²) in [5.41, 5.74) is -0.158. The molecule has 4 atom stereocenters. The summed E-state index contributed by atoms with van der Waals surface area (Å²) in [4.78, 5) is 52.3. The fourth-order valence-corrected chi connectivity index (χ4v) is 5.74. The quantitative estimate of drug-likeness (QED) is 0.405. The van der Waals surface area contributed by atoms with Crippen molar-refractivity contribution >= 4 is 46.5 Å². The van der Waals surface area contributed by atoms with Crippen molar-refractivity contribution in [3.8, 4) is 0 Å². The molecular formula is C22H20N4O5S. The van der Waals surface area contributed by atoms with Gasteiger partial charge in [0, 0.05) is 29.4 Å². The Bertz CT molecular complexity index is 1170. The molecule has 2 aromatic rings. The van der Waals surface area contributed by atoms with Gasteiger partial charge in [-0.05, 0) is 30.6 Å². The van der Waals surface area contributed by atoms with Crippen LogP contribution in [0.3, 0.4) is 0 Å². The highest BCUT2D eigenvalue weighted by atomic mass is 32.2. The zero-order valence-corrected chi connectivity index (χ0v) is 17.9. The first-order valence-corrected chi connectivity index (χ1v) is 11.6. The molecular weight excluding hydrogens is 432 g/mol. The summed E-state index contributed by atoms with van der Waals surface area (Å²) in [6, 6.07) is 12.2. The van der Waals surface area contributed by atoms with Crippen LogP contribution in [0.4, 0.5) is 17.1 Å². The summed E-state index contributed by atoms with van der Waals surface area (Å²) in [6.07, 6.45) is 2.55. The minimum atomic E-state index is -1.35. The number of nitrogens with zero attached hydrogens (tertiary/aromatic N) is 2. The molecule has 164 valence electrons. The van der Waals surface area contributed by atoms with Crippen molar-refractivity contribution in [1.82, 2.24) is 5.32 Å². The molecule has 0 saturated carbocycles. The number of anilines is 2. The minimum Gasteiger partial charge on any atom is -0.324 e. The summed E-state index contributed by atoms with van der Waals surface area (Å²) in [6.45, 7) is 0. The second-order valence-corrected chi connectivity index (χ2v) is 9.12. The molecule has 3 aliphatic heterocycles. The number of nitro benzene ring substituents is 1. The number of thioether (sulfide) groups is 1. The molecule has 2 fully saturated rings. The Morgan fingerprint density at radius 3 is 2.66 bits per heavy atom. The van der Waals surface area contributed by atoms with Gasteiger partial charge in [-0.3, -0.25) is 29.8 Å². The number of hydrogen-bond acceptors (Lipinski definition) is 7. The second-order valence-electron chi connectivity index (χ2n) is 8.13. The number of benzene rings is 2. The van der Waals surface area contributed by atoms with Gasteiger partial charge in [-0.25, -0.2) is 4.90 Å². The average Bonchev–Trinajstić information content (AvgIpc) is 3.37. The normalized spacial score (nSPS) is 28.2. The molecule has 10 heteroatoms. The number of imide groups is 1. The number of carbonyl (C=O) groups is 3. The van der Waals surface area contributed by atoms with Gasteiger partial charge in [0.15, 0.2) is 0 Å². The van der Waals surface area contributed by atoms with E-state index in [2.05, 4.69) is 10.6 Å². The van der Waals surface area contributed by atoms with Gasteiger partial charge in [-0.1, -0.05) is 24.3 Å². The van der Waals surface area contributed by atoms with E-state index in [4.69, 9.17) is 0 Å². The summed E-state index contributed by atoms with van der Waals surface area (Å²) >= 11 is 1.62. The Morgan fingerprint density at radius 1 is 1.12 bits per heavy atom. The molecule has 3 amide bonds. The lowest BCUT2D eigenvalue weighted by molar-refractivity contribution is -0.384. The molecule has 2 saturated heterocycles. The highest BCUT2D eigenvalue weighted by Crippen LogP contribution is 2.54. The molecule has 9 nitrogen and oxygen atoms in total. The van der Waals surface area contributed by atoms with Gasteiger partial charge in [-0.2, -0.15) is 11.8 Å². The summed E-state index contributed by atoms with van der Waals surface area (Å²) in [5.74, 6) is -2.25. The Labute approximate surface area is 187 Å². The Hall–Kier alpha value is -3.24. The number of carbonyl (C=O) groups excluding carboxylic acids is 3. The third-order valence-electron chi connectivity index (χ3n) is 6.55. The SMILES string of the molecule is CSCC[C@H]1N[C@]2(C(=O)Nc3ccccc32)[C@@H]2C(=O)N(c3cccc([N+](=O)[O-])c3)C(=O)[C@H]21. The Kier molecular flexibility index (Phi) is 4.79. The van der Waals surface area contributed by atoms with Crippen LogP contribution in [-0.4, -0.2) is 40.7 Å². The van der Waals surface area contributed by atoms with Crippen LogP contribution in [0.2, 0.25) is 0 Å². The van der Waals surface area contributed by atoms with Crippen LogP contribution >= 0.6 is 11.8 Å². The van der Waals surface area contributed by atoms with E-state index in [1.165, 1.54) is 24.3 Å². The lowest BCUT2D eigenvalue weighted by Gasteiger charge is -2.29. The highest BCUT2D eigenvalue weighted by Gasteiger charge is 2.70. The molecule has 3 aliphatic rings. The zero-order valence-electron chi connectivity index (χ0n) is 17.1. The van der Waals surface area contributed by atoms with E-state index in [0.29, 0.717) is 17.7 Å². The molecule has 0 unspecified atom stereocenters. The average molecular weight is 452 g/mol. The predicted octanol–water partition coefficient (Wildman–Crippen LogP) is 2.27. The molecule has 2 N–H and O–H groups in total. The maximum atomic E-state index is 13.7. The van der Waals surface area contributed by atoms with Crippen molar-refractivity contribution in [2.75, 3.05) is 22.2 Å². The fraction of sp³-hybridized carbons (Fsp3) is 0.318. The fourth-order valence-electron chi connectivity index (χ4n) is 5.25. The van der Waals surface area contributed by atoms with Crippen molar-refractivity contribution in [1.29, 1.82) is 0 Å². The van der Waals surface area contributed by atoms with Crippen molar-refractivity contribution < 1.29 is 19.3 Å². The number of nitrogens with one attached hydrogen (secondary N) is 2. The van der Waals surface area contributed by atoms with E-state index < -0.39 is 34.1 Å². The summed E-state index contributed by atoms with van der Waals surface area (Å²) < 4.78 is 0.